The Bertz CT molecular complexity index is 879. The van der Waals surface area contributed by atoms with Gasteiger partial charge in [0.05, 0.1) is 4.90 Å². The maximum absolute atomic E-state index is 12.6. The van der Waals surface area contributed by atoms with E-state index >= 15 is 0 Å². The summed E-state index contributed by atoms with van der Waals surface area (Å²) in [6.45, 7) is 1.61. The van der Waals surface area contributed by atoms with E-state index < -0.39 is 10.0 Å². The first kappa shape index (κ1) is 18.7. The van der Waals surface area contributed by atoms with Crippen molar-refractivity contribution in [1.29, 1.82) is 0 Å². The van der Waals surface area contributed by atoms with Gasteiger partial charge in [0.25, 0.3) is 15.9 Å². The average molecular weight is 394 g/mol. The molecule has 1 saturated heterocycles. The third kappa shape index (κ3) is 4.75. The van der Waals surface area contributed by atoms with Gasteiger partial charge in [0, 0.05) is 29.4 Å². The number of rotatable bonds is 5. The standard InChI is InChI=1S/C18H20ClN3O3S/c19-15-7-9-16(10-8-15)21-26(24,25)17-6-4-5-14(13-17)18(23)20-22-11-2-1-3-12-22/h4-10,13,21H,1-3,11-12H2,(H,20,23). The van der Waals surface area contributed by atoms with Gasteiger partial charge in [-0.1, -0.05) is 24.1 Å². The summed E-state index contributed by atoms with van der Waals surface area (Å²) in [5.74, 6) is -0.310. The van der Waals surface area contributed by atoms with Gasteiger partial charge in [-0.25, -0.2) is 13.4 Å². The predicted octanol–water partition coefficient (Wildman–Crippen LogP) is 3.27. The monoisotopic (exact) mass is 393 g/mol. The number of anilines is 1. The summed E-state index contributed by atoms with van der Waals surface area (Å²) < 4.78 is 27.6. The molecule has 2 N–H and O–H groups in total. The largest absolute Gasteiger partial charge is 0.285 e. The minimum Gasteiger partial charge on any atom is -0.285 e. The quantitative estimate of drug-likeness (QED) is 0.817. The van der Waals surface area contributed by atoms with Gasteiger partial charge < -0.3 is 0 Å². The van der Waals surface area contributed by atoms with Crippen molar-refractivity contribution in [3.63, 3.8) is 0 Å². The van der Waals surface area contributed by atoms with Crippen LogP contribution in [0.25, 0.3) is 0 Å². The van der Waals surface area contributed by atoms with E-state index in [4.69, 9.17) is 11.6 Å². The van der Waals surface area contributed by atoms with E-state index in [1.165, 1.54) is 12.1 Å². The van der Waals surface area contributed by atoms with Crippen molar-refractivity contribution in [3.05, 3.63) is 59.1 Å². The molecular formula is C18H20ClN3O3S. The molecule has 0 bridgehead atoms. The molecule has 2 aromatic rings. The van der Waals surface area contributed by atoms with Gasteiger partial charge in [-0.05, 0) is 55.3 Å². The van der Waals surface area contributed by atoms with Gasteiger partial charge in [-0.15, -0.1) is 0 Å². The van der Waals surface area contributed by atoms with Crippen LogP contribution in [0.5, 0.6) is 0 Å². The molecule has 3 rings (SSSR count). The Labute approximate surface area is 158 Å². The molecule has 1 fully saturated rings. The van der Waals surface area contributed by atoms with Crippen LogP contribution in [-0.4, -0.2) is 32.4 Å². The number of piperidine rings is 1. The van der Waals surface area contributed by atoms with Crippen molar-refractivity contribution in [1.82, 2.24) is 10.4 Å². The molecule has 1 aliphatic heterocycles. The number of hydrogen-bond acceptors (Lipinski definition) is 4. The van der Waals surface area contributed by atoms with E-state index in [1.54, 1.807) is 36.4 Å². The van der Waals surface area contributed by atoms with Crippen LogP contribution in [0.4, 0.5) is 5.69 Å². The first-order chi connectivity index (χ1) is 12.4. The summed E-state index contributed by atoms with van der Waals surface area (Å²) in [6.07, 6.45) is 3.25. The van der Waals surface area contributed by atoms with Gasteiger partial charge in [-0.2, -0.15) is 0 Å². The molecule has 0 atom stereocenters. The number of hydrazine groups is 1. The zero-order valence-electron chi connectivity index (χ0n) is 14.1. The molecule has 1 aliphatic rings. The number of carbonyl (C=O) groups is 1. The van der Waals surface area contributed by atoms with Crippen molar-refractivity contribution in [2.24, 2.45) is 0 Å². The number of sulfonamides is 1. The molecule has 8 heteroatoms. The second-order valence-corrected chi connectivity index (χ2v) is 8.25. The average Bonchev–Trinajstić information content (AvgIpc) is 2.64. The maximum Gasteiger partial charge on any atom is 0.265 e. The lowest BCUT2D eigenvalue weighted by molar-refractivity contribution is 0.0750. The van der Waals surface area contributed by atoms with Crippen molar-refractivity contribution in [2.75, 3.05) is 17.8 Å². The Kier molecular flexibility index (Phi) is 5.80. The molecule has 0 aliphatic carbocycles. The molecule has 0 radical (unpaired) electrons. The third-order valence-corrected chi connectivity index (χ3v) is 5.75. The van der Waals surface area contributed by atoms with Crippen molar-refractivity contribution >= 4 is 33.2 Å². The van der Waals surface area contributed by atoms with E-state index in [0.717, 1.165) is 32.4 Å². The molecule has 26 heavy (non-hydrogen) atoms. The number of nitrogens with zero attached hydrogens (tertiary/aromatic N) is 1. The second-order valence-electron chi connectivity index (χ2n) is 6.13. The van der Waals surface area contributed by atoms with Crippen LogP contribution in [0.15, 0.2) is 53.4 Å². The normalized spacial score (nSPS) is 15.4. The van der Waals surface area contributed by atoms with Crippen LogP contribution in [0.3, 0.4) is 0 Å². The molecule has 0 aromatic heterocycles. The van der Waals surface area contributed by atoms with Gasteiger partial charge in [-0.3, -0.25) is 14.9 Å². The van der Waals surface area contributed by atoms with Crippen LogP contribution in [-0.2, 0) is 10.0 Å². The number of nitrogens with one attached hydrogen (secondary N) is 2. The maximum atomic E-state index is 12.6. The SMILES string of the molecule is O=C(NN1CCCCC1)c1cccc(S(=O)(=O)Nc2ccc(Cl)cc2)c1. The van der Waals surface area contributed by atoms with E-state index in [-0.39, 0.29) is 10.8 Å². The van der Waals surface area contributed by atoms with Gasteiger partial charge >= 0.3 is 0 Å². The minimum atomic E-state index is -3.80. The smallest absolute Gasteiger partial charge is 0.265 e. The van der Waals surface area contributed by atoms with Gasteiger partial charge in [0.1, 0.15) is 0 Å². The second kappa shape index (κ2) is 8.07. The Balaban J connectivity index is 1.74. The van der Waals surface area contributed by atoms with Crippen molar-refractivity contribution < 1.29 is 13.2 Å². The van der Waals surface area contributed by atoms with E-state index in [0.29, 0.717) is 16.3 Å². The van der Waals surface area contributed by atoms with Crippen molar-refractivity contribution in [2.45, 2.75) is 24.2 Å². The summed E-state index contributed by atoms with van der Waals surface area (Å²) in [5.41, 5.74) is 3.54. The van der Waals surface area contributed by atoms with E-state index in [9.17, 15) is 13.2 Å². The summed E-state index contributed by atoms with van der Waals surface area (Å²) in [5, 5.41) is 2.39. The van der Waals surface area contributed by atoms with E-state index in [1.807, 2.05) is 5.01 Å². The minimum absolute atomic E-state index is 0.0266. The molecule has 0 unspecified atom stereocenters. The highest BCUT2D eigenvalue weighted by molar-refractivity contribution is 7.92. The van der Waals surface area contributed by atoms with Crippen molar-refractivity contribution in [3.8, 4) is 0 Å². The molecule has 1 heterocycles. The summed E-state index contributed by atoms with van der Waals surface area (Å²) in [7, 11) is -3.80. The lowest BCUT2D eigenvalue weighted by Crippen LogP contribution is -2.45. The number of halogens is 1. The molecule has 0 saturated carbocycles. The zero-order chi connectivity index (χ0) is 18.6. The highest BCUT2D eigenvalue weighted by Gasteiger charge is 2.18. The third-order valence-electron chi connectivity index (χ3n) is 4.12. The lowest BCUT2D eigenvalue weighted by Gasteiger charge is -2.26. The van der Waals surface area contributed by atoms with Crippen LogP contribution < -0.4 is 10.1 Å². The molecule has 1 amide bonds. The fourth-order valence-electron chi connectivity index (χ4n) is 2.75. The highest BCUT2D eigenvalue weighted by atomic mass is 35.5. The predicted molar refractivity (Wildman–Crippen MR) is 102 cm³/mol. The van der Waals surface area contributed by atoms with Crippen LogP contribution in [0.1, 0.15) is 29.6 Å². The summed E-state index contributed by atoms with van der Waals surface area (Å²) in [6, 6.07) is 12.3. The van der Waals surface area contributed by atoms with Crippen LogP contribution in [0.2, 0.25) is 5.02 Å². The highest BCUT2D eigenvalue weighted by Crippen LogP contribution is 2.19. The number of amides is 1. The zero-order valence-corrected chi connectivity index (χ0v) is 15.7. The Hall–Kier alpha value is -2.09. The molecule has 138 valence electrons. The molecule has 2 aromatic carbocycles. The van der Waals surface area contributed by atoms with Gasteiger partial charge in [0.2, 0.25) is 0 Å². The fourth-order valence-corrected chi connectivity index (χ4v) is 3.98. The molecule has 6 nitrogen and oxygen atoms in total. The first-order valence-electron chi connectivity index (χ1n) is 8.38. The number of carbonyl (C=O) groups excluding carboxylic acids is 1. The van der Waals surface area contributed by atoms with Crippen LogP contribution in [0, 0.1) is 0 Å². The Morgan fingerprint density at radius 1 is 1.00 bits per heavy atom. The van der Waals surface area contributed by atoms with Gasteiger partial charge in [0.15, 0.2) is 0 Å². The first-order valence-corrected chi connectivity index (χ1v) is 10.2. The number of benzene rings is 2. The summed E-state index contributed by atoms with van der Waals surface area (Å²) >= 11 is 5.81. The Morgan fingerprint density at radius 3 is 2.38 bits per heavy atom. The molecular weight excluding hydrogens is 374 g/mol. The topological polar surface area (TPSA) is 78.5 Å². The fraction of sp³-hybridized carbons (Fsp3) is 0.278. The summed E-state index contributed by atoms with van der Waals surface area (Å²) in [4.78, 5) is 12.4. The lowest BCUT2D eigenvalue weighted by atomic mass is 10.1. The van der Waals surface area contributed by atoms with Crippen LogP contribution >= 0.6 is 11.6 Å². The molecule has 0 spiro atoms. The van der Waals surface area contributed by atoms with E-state index in [2.05, 4.69) is 10.1 Å². The number of hydrogen-bond donors (Lipinski definition) is 2. The Morgan fingerprint density at radius 2 is 1.69 bits per heavy atom.